The van der Waals surface area contributed by atoms with Crippen LogP contribution in [0.4, 0.5) is 0 Å². The Morgan fingerprint density at radius 1 is 1.16 bits per heavy atom. The number of hydrogen-bond donors (Lipinski definition) is 0. The quantitative estimate of drug-likeness (QED) is 0.772. The zero-order valence-electron chi connectivity index (χ0n) is 10.7. The summed E-state index contributed by atoms with van der Waals surface area (Å²) in [4.78, 5) is 15.7. The summed E-state index contributed by atoms with van der Waals surface area (Å²) in [6, 6.07) is 14.8. The summed E-state index contributed by atoms with van der Waals surface area (Å²) < 4.78 is 10.5. The number of nitrogens with zero attached hydrogens (tertiary/aromatic N) is 1. The molecule has 0 saturated carbocycles. The second-order valence-electron chi connectivity index (χ2n) is 4.02. The summed E-state index contributed by atoms with van der Waals surface area (Å²) in [5, 5.41) is 0. The lowest BCUT2D eigenvalue weighted by Crippen LogP contribution is -2.26. The summed E-state index contributed by atoms with van der Waals surface area (Å²) in [6.45, 7) is 1.89. The van der Waals surface area contributed by atoms with E-state index in [2.05, 4.69) is 4.98 Å². The first-order chi connectivity index (χ1) is 9.25. The van der Waals surface area contributed by atoms with Crippen LogP contribution in [0.2, 0.25) is 0 Å². The van der Waals surface area contributed by atoms with Crippen molar-refractivity contribution in [3.8, 4) is 5.88 Å². The minimum absolute atomic E-state index is 0.246. The molecule has 0 fully saturated rings. The minimum Gasteiger partial charge on any atom is -0.463 e. The smallest absolute Gasteiger partial charge is 0.347 e. The number of hydrogen-bond acceptors (Lipinski definition) is 4. The molecular formula is C15H15NO3. The molecule has 0 aliphatic heterocycles. The third-order valence-electron chi connectivity index (χ3n) is 2.49. The van der Waals surface area contributed by atoms with Crippen molar-refractivity contribution < 1.29 is 14.3 Å². The van der Waals surface area contributed by atoms with Crippen molar-refractivity contribution in [3.05, 3.63) is 60.3 Å². The first-order valence-electron chi connectivity index (χ1n) is 6.04. The number of rotatable bonds is 5. The highest BCUT2D eigenvalue weighted by molar-refractivity contribution is 5.74. The van der Waals surface area contributed by atoms with Gasteiger partial charge in [-0.05, 0) is 18.6 Å². The minimum atomic E-state index is -0.682. The molecule has 2 rings (SSSR count). The molecule has 0 amide bonds. The lowest BCUT2D eigenvalue weighted by molar-refractivity contribution is -0.152. The van der Waals surface area contributed by atoms with Crippen molar-refractivity contribution in [2.75, 3.05) is 0 Å². The average Bonchev–Trinajstić information content (AvgIpc) is 2.47. The highest BCUT2D eigenvalue weighted by Gasteiger charge is 2.16. The first kappa shape index (κ1) is 13.1. The van der Waals surface area contributed by atoms with Gasteiger partial charge in [0.15, 0.2) is 6.10 Å². The molecule has 0 aliphatic rings. The van der Waals surface area contributed by atoms with Gasteiger partial charge in [0.2, 0.25) is 5.88 Å². The van der Waals surface area contributed by atoms with Crippen LogP contribution in [0.15, 0.2) is 54.7 Å². The average molecular weight is 257 g/mol. The Hall–Kier alpha value is -2.36. The number of carbonyl (C=O) groups excluding carboxylic acids is 1. The van der Waals surface area contributed by atoms with E-state index in [4.69, 9.17) is 9.47 Å². The van der Waals surface area contributed by atoms with Crippen LogP contribution >= 0.6 is 0 Å². The Morgan fingerprint density at radius 2 is 1.89 bits per heavy atom. The van der Waals surface area contributed by atoms with Crippen molar-refractivity contribution in [1.29, 1.82) is 0 Å². The Balaban J connectivity index is 1.83. The fourth-order valence-corrected chi connectivity index (χ4v) is 1.49. The number of aromatic nitrogens is 1. The molecule has 0 radical (unpaired) electrons. The molecule has 1 aromatic carbocycles. The maximum atomic E-state index is 11.7. The number of ether oxygens (including phenoxy) is 2. The molecule has 1 heterocycles. The van der Waals surface area contributed by atoms with E-state index in [1.807, 2.05) is 30.3 Å². The van der Waals surface area contributed by atoms with Gasteiger partial charge in [0.05, 0.1) is 0 Å². The van der Waals surface area contributed by atoms with E-state index in [0.717, 1.165) is 5.56 Å². The molecule has 0 bridgehead atoms. The summed E-state index contributed by atoms with van der Waals surface area (Å²) in [5.41, 5.74) is 0.945. The van der Waals surface area contributed by atoms with Gasteiger partial charge in [0.25, 0.3) is 0 Å². The van der Waals surface area contributed by atoms with Crippen LogP contribution in [0.25, 0.3) is 0 Å². The highest BCUT2D eigenvalue weighted by atomic mass is 16.6. The van der Waals surface area contributed by atoms with Crippen LogP contribution in [0.1, 0.15) is 12.5 Å². The number of esters is 1. The van der Waals surface area contributed by atoms with Crippen molar-refractivity contribution in [2.24, 2.45) is 0 Å². The largest absolute Gasteiger partial charge is 0.463 e. The van der Waals surface area contributed by atoms with E-state index < -0.39 is 12.1 Å². The third kappa shape index (κ3) is 4.10. The Labute approximate surface area is 112 Å². The van der Waals surface area contributed by atoms with Gasteiger partial charge in [0.1, 0.15) is 6.61 Å². The normalized spacial score (nSPS) is 11.6. The van der Waals surface area contributed by atoms with E-state index in [1.54, 1.807) is 31.3 Å². The molecule has 1 aromatic heterocycles. The van der Waals surface area contributed by atoms with Gasteiger partial charge in [-0.2, -0.15) is 0 Å². The van der Waals surface area contributed by atoms with E-state index in [1.165, 1.54) is 0 Å². The van der Waals surface area contributed by atoms with Crippen LogP contribution < -0.4 is 4.74 Å². The fourth-order valence-electron chi connectivity index (χ4n) is 1.49. The molecule has 2 aromatic rings. The maximum absolute atomic E-state index is 11.7. The van der Waals surface area contributed by atoms with Crippen molar-refractivity contribution in [1.82, 2.24) is 4.98 Å². The first-order valence-corrected chi connectivity index (χ1v) is 6.04. The molecule has 4 heteroatoms. The molecular weight excluding hydrogens is 242 g/mol. The van der Waals surface area contributed by atoms with E-state index >= 15 is 0 Å². The highest BCUT2D eigenvalue weighted by Crippen LogP contribution is 2.08. The van der Waals surface area contributed by atoms with Crippen molar-refractivity contribution in [2.45, 2.75) is 19.6 Å². The lowest BCUT2D eigenvalue weighted by Gasteiger charge is -2.13. The van der Waals surface area contributed by atoms with Gasteiger partial charge in [-0.3, -0.25) is 0 Å². The zero-order valence-corrected chi connectivity index (χ0v) is 10.7. The molecule has 19 heavy (non-hydrogen) atoms. The fraction of sp³-hybridized carbons (Fsp3) is 0.200. The topological polar surface area (TPSA) is 48.4 Å². The predicted octanol–water partition coefficient (Wildman–Crippen LogP) is 2.59. The third-order valence-corrected chi connectivity index (χ3v) is 2.49. The van der Waals surface area contributed by atoms with Gasteiger partial charge < -0.3 is 9.47 Å². The SMILES string of the molecule is CC(Oc1ccccn1)C(=O)OCc1ccccc1. The Kier molecular flexibility index (Phi) is 4.50. The standard InChI is InChI=1S/C15H15NO3/c1-12(19-14-9-5-6-10-16-14)15(17)18-11-13-7-3-2-4-8-13/h2-10,12H,11H2,1H3. The van der Waals surface area contributed by atoms with Crippen molar-refractivity contribution in [3.63, 3.8) is 0 Å². The molecule has 1 unspecified atom stereocenters. The van der Waals surface area contributed by atoms with Gasteiger partial charge in [-0.1, -0.05) is 36.4 Å². The lowest BCUT2D eigenvalue weighted by atomic mass is 10.2. The number of benzene rings is 1. The molecule has 98 valence electrons. The van der Waals surface area contributed by atoms with Gasteiger partial charge in [0, 0.05) is 12.3 Å². The molecule has 0 N–H and O–H groups in total. The van der Waals surface area contributed by atoms with E-state index in [0.29, 0.717) is 5.88 Å². The van der Waals surface area contributed by atoms with E-state index in [9.17, 15) is 4.79 Å². The van der Waals surface area contributed by atoms with Crippen LogP contribution in [0.3, 0.4) is 0 Å². The van der Waals surface area contributed by atoms with Crippen LogP contribution in [-0.4, -0.2) is 17.1 Å². The molecule has 0 spiro atoms. The second kappa shape index (κ2) is 6.54. The van der Waals surface area contributed by atoms with E-state index in [-0.39, 0.29) is 6.61 Å². The van der Waals surface area contributed by atoms with Crippen LogP contribution in [-0.2, 0) is 16.1 Å². The second-order valence-corrected chi connectivity index (χ2v) is 4.02. The number of pyridine rings is 1. The molecule has 0 saturated heterocycles. The van der Waals surface area contributed by atoms with Gasteiger partial charge in [-0.25, -0.2) is 9.78 Å². The molecule has 1 atom stereocenters. The van der Waals surface area contributed by atoms with Crippen LogP contribution in [0.5, 0.6) is 5.88 Å². The molecule has 0 aliphatic carbocycles. The Morgan fingerprint density at radius 3 is 2.58 bits per heavy atom. The van der Waals surface area contributed by atoms with Crippen molar-refractivity contribution >= 4 is 5.97 Å². The summed E-state index contributed by atoms with van der Waals surface area (Å²) >= 11 is 0. The summed E-state index contributed by atoms with van der Waals surface area (Å²) in [6.07, 6.45) is 0.927. The van der Waals surface area contributed by atoms with Gasteiger partial charge >= 0.3 is 5.97 Å². The summed E-state index contributed by atoms with van der Waals surface area (Å²) in [7, 11) is 0. The predicted molar refractivity (Wildman–Crippen MR) is 70.6 cm³/mol. The van der Waals surface area contributed by atoms with Crippen LogP contribution in [0, 0.1) is 0 Å². The summed E-state index contributed by atoms with van der Waals surface area (Å²) in [5.74, 6) is 0.00108. The monoisotopic (exact) mass is 257 g/mol. The zero-order chi connectivity index (χ0) is 13.5. The number of carbonyl (C=O) groups is 1. The maximum Gasteiger partial charge on any atom is 0.347 e. The molecule has 4 nitrogen and oxygen atoms in total. The van der Waals surface area contributed by atoms with Gasteiger partial charge in [-0.15, -0.1) is 0 Å². The Bertz CT molecular complexity index is 513.